The molecule has 0 aromatic rings. The molecule has 0 aromatic carbocycles. The summed E-state index contributed by atoms with van der Waals surface area (Å²) in [4.78, 5) is 11.8. The summed E-state index contributed by atoms with van der Waals surface area (Å²) in [5.41, 5.74) is 0. The van der Waals surface area contributed by atoms with Crippen LogP contribution in [0.1, 0.15) is 111 Å². The summed E-state index contributed by atoms with van der Waals surface area (Å²) in [6, 6.07) is 0. The van der Waals surface area contributed by atoms with Crippen molar-refractivity contribution in [2.75, 3.05) is 7.11 Å². The molecule has 0 aromatic heterocycles. The molecule has 0 radical (unpaired) electrons. The first-order valence-electron chi connectivity index (χ1n) is 13.1. The van der Waals surface area contributed by atoms with Gasteiger partial charge in [-0.05, 0) is 106 Å². The topological polar surface area (TPSA) is 26.3 Å². The fourth-order valence-electron chi connectivity index (χ4n) is 7.42. The molecule has 168 valence electrons. The van der Waals surface area contributed by atoms with Gasteiger partial charge in [-0.15, -0.1) is 0 Å². The third kappa shape index (κ3) is 6.01. The first-order valence-corrected chi connectivity index (χ1v) is 13.1. The molecule has 0 N–H and O–H groups in total. The van der Waals surface area contributed by atoms with Gasteiger partial charge in [-0.1, -0.05) is 46.5 Å². The van der Waals surface area contributed by atoms with Gasteiger partial charge in [0.25, 0.3) is 0 Å². The SMILES string of the molecule is CCCC1CCC(C(C)C2CCC(C(C)[C@H]3CC[C@H](C(=O)OC)CC3)CC2)CC1. The highest BCUT2D eigenvalue weighted by Gasteiger charge is 2.36. The smallest absolute Gasteiger partial charge is 0.308 e. The maximum Gasteiger partial charge on any atom is 0.308 e. The zero-order valence-electron chi connectivity index (χ0n) is 19.8. The summed E-state index contributed by atoms with van der Waals surface area (Å²) in [6.45, 7) is 7.46. The van der Waals surface area contributed by atoms with Crippen LogP contribution in [0.2, 0.25) is 0 Å². The van der Waals surface area contributed by atoms with Crippen molar-refractivity contribution in [1.29, 1.82) is 0 Å². The Kier molecular flexibility index (Phi) is 8.93. The van der Waals surface area contributed by atoms with Gasteiger partial charge in [0.2, 0.25) is 0 Å². The standard InChI is InChI=1S/C27H48O2/c1-5-6-21-7-9-22(10-8-21)19(2)23-11-13-24(14-12-23)20(3)25-15-17-26(18-16-25)27(28)29-4/h19-26H,5-18H2,1-4H3/t19?,20?,21?,22?,23?,24?,25-,26-. The summed E-state index contributed by atoms with van der Waals surface area (Å²) in [7, 11) is 1.54. The Labute approximate surface area is 180 Å². The summed E-state index contributed by atoms with van der Waals surface area (Å²) < 4.78 is 4.96. The van der Waals surface area contributed by atoms with Crippen molar-refractivity contribution in [3.05, 3.63) is 0 Å². The highest BCUT2D eigenvalue weighted by molar-refractivity contribution is 5.72. The van der Waals surface area contributed by atoms with Crippen molar-refractivity contribution in [2.45, 2.75) is 111 Å². The van der Waals surface area contributed by atoms with Crippen molar-refractivity contribution in [3.8, 4) is 0 Å². The molecule has 2 atom stereocenters. The van der Waals surface area contributed by atoms with E-state index in [2.05, 4.69) is 20.8 Å². The monoisotopic (exact) mass is 404 g/mol. The van der Waals surface area contributed by atoms with E-state index in [0.29, 0.717) is 0 Å². The average molecular weight is 405 g/mol. The zero-order valence-corrected chi connectivity index (χ0v) is 19.8. The maximum absolute atomic E-state index is 11.8. The van der Waals surface area contributed by atoms with E-state index in [0.717, 1.165) is 54.3 Å². The second-order valence-electron chi connectivity index (χ2n) is 11.1. The van der Waals surface area contributed by atoms with Crippen LogP contribution in [0.5, 0.6) is 0 Å². The fraction of sp³-hybridized carbons (Fsp3) is 0.963. The van der Waals surface area contributed by atoms with Crippen LogP contribution < -0.4 is 0 Å². The Morgan fingerprint density at radius 3 is 1.48 bits per heavy atom. The van der Waals surface area contributed by atoms with Gasteiger partial charge in [-0.3, -0.25) is 4.79 Å². The van der Waals surface area contributed by atoms with Gasteiger partial charge in [0.15, 0.2) is 0 Å². The molecule has 0 spiro atoms. The predicted octanol–water partition coefficient (Wildman–Crippen LogP) is 7.65. The van der Waals surface area contributed by atoms with Gasteiger partial charge < -0.3 is 4.74 Å². The molecule has 3 saturated carbocycles. The number of carbonyl (C=O) groups excluding carboxylic acids is 1. The van der Waals surface area contributed by atoms with E-state index in [4.69, 9.17) is 4.74 Å². The van der Waals surface area contributed by atoms with Gasteiger partial charge in [-0.25, -0.2) is 0 Å². The second kappa shape index (κ2) is 11.2. The minimum Gasteiger partial charge on any atom is -0.469 e. The third-order valence-corrected chi connectivity index (χ3v) is 9.69. The van der Waals surface area contributed by atoms with Crippen LogP contribution in [0.3, 0.4) is 0 Å². The molecule has 0 amide bonds. The Morgan fingerprint density at radius 1 is 0.724 bits per heavy atom. The van der Waals surface area contributed by atoms with E-state index in [1.54, 1.807) is 0 Å². The number of hydrogen-bond donors (Lipinski definition) is 0. The lowest BCUT2D eigenvalue weighted by Crippen LogP contribution is -2.33. The molecule has 0 bridgehead atoms. The number of rotatable bonds is 7. The van der Waals surface area contributed by atoms with Crippen LogP contribution in [0.25, 0.3) is 0 Å². The van der Waals surface area contributed by atoms with E-state index in [1.165, 1.54) is 84.2 Å². The zero-order chi connectivity index (χ0) is 20.8. The van der Waals surface area contributed by atoms with Gasteiger partial charge in [0.05, 0.1) is 13.0 Å². The molecule has 2 nitrogen and oxygen atoms in total. The minimum atomic E-state index is 0.0225. The molecule has 0 aliphatic heterocycles. The van der Waals surface area contributed by atoms with Crippen LogP contribution in [-0.2, 0) is 9.53 Å². The summed E-state index contributed by atoms with van der Waals surface area (Å²) in [5, 5.41) is 0. The Bertz CT molecular complexity index is 477. The minimum absolute atomic E-state index is 0.0225. The molecule has 3 rings (SSSR count). The number of methoxy groups -OCH3 is 1. The highest BCUT2D eigenvalue weighted by atomic mass is 16.5. The molecule has 3 fully saturated rings. The Morgan fingerprint density at radius 2 is 1.10 bits per heavy atom. The molecule has 29 heavy (non-hydrogen) atoms. The molecular formula is C27H48O2. The van der Waals surface area contributed by atoms with Crippen LogP contribution in [0.4, 0.5) is 0 Å². The molecular weight excluding hydrogens is 356 g/mol. The van der Waals surface area contributed by atoms with Crippen LogP contribution in [0.15, 0.2) is 0 Å². The number of esters is 1. The number of hydrogen-bond acceptors (Lipinski definition) is 2. The number of ether oxygens (including phenoxy) is 1. The van der Waals surface area contributed by atoms with E-state index in [-0.39, 0.29) is 11.9 Å². The average Bonchev–Trinajstić information content (AvgIpc) is 2.78. The van der Waals surface area contributed by atoms with Crippen molar-refractivity contribution < 1.29 is 9.53 Å². The summed E-state index contributed by atoms with van der Waals surface area (Å²) in [5.74, 6) is 6.79. The quantitative estimate of drug-likeness (QED) is 0.407. The third-order valence-electron chi connectivity index (χ3n) is 9.69. The van der Waals surface area contributed by atoms with Crippen LogP contribution in [-0.4, -0.2) is 13.1 Å². The van der Waals surface area contributed by atoms with Crippen molar-refractivity contribution in [1.82, 2.24) is 0 Å². The van der Waals surface area contributed by atoms with Gasteiger partial charge >= 0.3 is 5.97 Å². The second-order valence-corrected chi connectivity index (χ2v) is 11.1. The first-order chi connectivity index (χ1) is 14.0. The molecule has 3 aliphatic rings. The lowest BCUT2D eigenvalue weighted by atomic mass is 9.63. The molecule has 3 aliphatic carbocycles. The van der Waals surface area contributed by atoms with E-state index in [9.17, 15) is 4.79 Å². The van der Waals surface area contributed by atoms with E-state index < -0.39 is 0 Å². The van der Waals surface area contributed by atoms with Crippen molar-refractivity contribution >= 4 is 5.97 Å². The van der Waals surface area contributed by atoms with Crippen LogP contribution in [0, 0.1) is 47.3 Å². The fourth-order valence-corrected chi connectivity index (χ4v) is 7.42. The Balaban J connectivity index is 1.39. The van der Waals surface area contributed by atoms with Crippen molar-refractivity contribution in [2.24, 2.45) is 47.3 Å². The molecule has 0 saturated heterocycles. The largest absolute Gasteiger partial charge is 0.469 e. The lowest BCUT2D eigenvalue weighted by Gasteiger charge is -2.42. The molecule has 2 heteroatoms. The molecule has 2 unspecified atom stereocenters. The maximum atomic E-state index is 11.8. The van der Waals surface area contributed by atoms with Crippen molar-refractivity contribution in [3.63, 3.8) is 0 Å². The van der Waals surface area contributed by atoms with Gasteiger partial charge in [-0.2, -0.15) is 0 Å². The predicted molar refractivity (Wildman–Crippen MR) is 122 cm³/mol. The normalized spacial score (nSPS) is 38.2. The number of carbonyl (C=O) groups is 1. The highest BCUT2D eigenvalue weighted by Crippen LogP contribution is 2.46. The van der Waals surface area contributed by atoms with E-state index >= 15 is 0 Å². The van der Waals surface area contributed by atoms with Crippen LogP contribution >= 0.6 is 0 Å². The Hall–Kier alpha value is -0.530. The lowest BCUT2D eigenvalue weighted by molar-refractivity contribution is -0.147. The van der Waals surface area contributed by atoms with Gasteiger partial charge in [0.1, 0.15) is 0 Å². The first kappa shape index (κ1) is 23.1. The summed E-state index contributed by atoms with van der Waals surface area (Å²) >= 11 is 0. The summed E-state index contributed by atoms with van der Waals surface area (Å²) in [6.07, 6.45) is 19.3. The van der Waals surface area contributed by atoms with E-state index in [1.807, 2.05) is 0 Å². The molecule has 0 heterocycles. The van der Waals surface area contributed by atoms with Gasteiger partial charge in [0, 0.05) is 0 Å².